The molecule has 2 unspecified atom stereocenters. The maximum Gasteiger partial charge on any atom is 0.414 e. The molecule has 1 aliphatic carbocycles. The average Bonchev–Trinajstić information content (AvgIpc) is 2.84. The number of hydrogen-bond donors (Lipinski definition) is 2. The molecule has 0 radical (unpaired) electrons. The van der Waals surface area contributed by atoms with Gasteiger partial charge in [0.1, 0.15) is 11.7 Å². The molecule has 0 aromatic rings. The predicted octanol–water partition coefficient (Wildman–Crippen LogP) is 0.822. The number of aliphatic hydroxyl groups is 1. The van der Waals surface area contributed by atoms with Gasteiger partial charge in [0.15, 0.2) is 5.78 Å². The zero-order valence-electron chi connectivity index (χ0n) is 13.4. The summed E-state index contributed by atoms with van der Waals surface area (Å²) in [5, 5.41) is 12.1. The number of carbonyl (C=O) groups is 3. The number of alkyl halides is 2. The Labute approximate surface area is 137 Å². The van der Waals surface area contributed by atoms with Gasteiger partial charge in [0.25, 0.3) is 5.91 Å². The molecule has 1 saturated heterocycles. The lowest BCUT2D eigenvalue weighted by Crippen LogP contribution is -2.38. The molecule has 2 aliphatic rings. The van der Waals surface area contributed by atoms with Crippen LogP contribution in [0.1, 0.15) is 26.7 Å². The van der Waals surface area contributed by atoms with Gasteiger partial charge in [0.2, 0.25) is 0 Å². The van der Waals surface area contributed by atoms with Crippen molar-refractivity contribution >= 4 is 17.8 Å². The smallest absolute Gasteiger partial charge is 0.414 e. The Hall–Kier alpha value is -2.03. The molecule has 0 aromatic carbocycles. The quantitative estimate of drug-likeness (QED) is 0.786. The fraction of sp³-hybridized carbons (Fsp3) is 0.667. The van der Waals surface area contributed by atoms with Crippen LogP contribution < -0.4 is 5.32 Å². The molecule has 134 valence electrons. The first kappa shape index (κ1) is 18.3. The van der Waals surface area contributed by atoms with Gasteiger partial charge < -0.3 is 15.2 Å². The molecule has 2 amide bonds. The molecule has 0 saturated carbocycles. The van der Waals surface area contributed by atoms with E-state index in [0.29, 0.717) is 5.70 Å². The lowest BCUT2D eigenvalue weighted by molar-refractivity contribution is -0.138. The highest BCUT2D eigenvalue weighted by molar-refractivity contribution is 5.89. The molecule has 1 heterocycles. The van der Waals surface area contributed by atoms with E-state index in [1.54, 1.807) is 13.0 Å². The summed E-state index contributed by atoms with van der Waals surface area (Å²) >= 11 is 0. The van der Waals surface area contributed by atoms with Crippen LogP contribution in [0.5, 0.6) is 0 Å². The maximum absolute atomic E-state index is 12.1. The third kappa shape index (κ3) is 3.89. The van der Waals surface area contributed by atoms with Crippen LogP contribution in [0, 0.1) is 5.92 Å². The lowest BCUT2D eigenvalue weighted by atomic mass is 9.89. The summed E-state index contributed by atoms with van der Waals surface area (Å²) in [6, 6.07) is 0. The number of Topliss-reactive ketones (excluding diaryl/α,β-unsaturated/α-hetero) is 1. The fourth-order valence-electron chi connectivity index (χ4n) is 2.81. The van der Waals surface area contributed by atoms with E-state index in [4.69, 9.17) is 4.74 Å². The minimum Gasteiger partial charge on any atom is -0.442 e. The van der Waals surface area contributed by atoms with E-state index in [0.717, 1.165) is 0 Å². The van der Waals surface area contributed by atoms with Gasteiger partial charge in [-0.05, 0) is 13.3 Å². The Morgan fingerprint density at radius 2 is 2.21 bits per heavy atom. The number of hydrogen-bond acceptors (Lipinski definition) is 5. The van der Waals surface area contributed by atoms with Crippen molar-refractivity contribution in [1.29, 1.82) is 0 Å². The van der Waals surface area contributed by atoms with Crippen molar-refractivity contribution < 1.29 is 33.0 Å². The highest BCUT2D eigenvalue weighted by Gasteiger charge is 2.40. The summed E-state index contributed by atoms with van der Waals surface area (Å²) in [5.41, 5.74) is -0.948. The third-order valence-electron chi connectivity index (χ3n) is 4.15. The van der Waals surface area contributed by atoms with Crippen LogP contribution in [-0.4, -0.2) is 59.0 Å². The van der Waals surface area contributed by atoms with Crippen molar-refractivity contribution in [2.24, 2.45) is 5.92 Å². The van der Waals surface area contributed by atoms with Gasteiger partial charge in [-0.2, -0.15) is 8.78 Å². The van der Waals surface area contributed by atoms with E-state index in [9.17, 15) is 28.3 Å². The fourth-order valence-corrected chi connectivity index (χ4v) is 2.81. The van der Waals surface area contributed by atoms with Gasteiger partial charge in [-0.1, -0.05) is 13.0 Å². The van der Waals surface area contributed by atoms with Crippen LogP contribution >= 0.6 is 0 Å². The van der Waals surface area contributed by atoms with Crippen LogP contribution in [0.25, 0.3) is 0 Å². The molecule has 7 nitrogen and oxygen atoms in total. The van der Waals surface area contributed by atoms with Crippen LogP contribution in [0.4, 0.5) is 13.6 Å². The lowest BCUT2D eigenvalue weighted by Gasteiger charge is -2.21. The highest BCUT2D eigenvalue weighted by atomic mass is 19.3. The molecule has 1 aliphatic heterocycles. The van der Waals surface area contributed by atoms with Gasteiger partial charge in [0.05, 0.1) is 13.1 Å². The molecule has 2 rings (SSSR count). The highest BCUT2D eigenvalue weighted by Crippen LogP contribution is 2.30. The summed E-state index contributed by atoms with van der Waals surface area (Å²) in [4.78, 5) is 36.2. The van der Waals surface area contributed by atoms with Crippen molar-refractivity contribution in [3.05, 3.63) is 11.8 Å². The molecule has 3 atom stereocenters. The third-order valence-corrected chi connectivity index (χ3v) is 4.15. The van der Waals surface area contributed by atoms with Crippen LogP contribution in [0.2, 0.25) is 0 Å². The minimum atomic E-state index is -3.13. The molecule has 0 spiro atoms. The molecule has 2 N–H and O–H groups in total. The maximum atomic E-state index is 12.1. The first-order chi connectivity index (χ1) is 11.1. The average molecular weight is 346 g/mol. The number of cyclic esters (lactones) is 1. The van der Waals surface area contributed by atoms with Crippen LogP contribution in [0.15, 0.2) is 11.8 Å². The SMILES string of the molecule is CC1CC(N2C[C@H](CNC(=O)C(F)F)OC2=O)=CCC(C)(O)C1=O. The number of nitrogens with one attached hydrogen (secondary N) is 1. The number of carbonyl (C=O) groups excluding carboxylic acids is 3. The summed E-state index contributed by atoms with van der Waals surface area (Å²) in [5.74, 6) is -2.20. The second kappa shape index (κ2) is 6.84. The Balaban J connectivity index is 2.02. The first-order valence-corrected chi connectivity index (χ1v) is 7.61. The largest absolute Gasteiger partial charge is 0.442 e. The van der Waals surface area contributed by atoms with E-state index in [1.165, 1.54) is 11.8 Å². The number of nitrogens with zero attached hydrogens (tertiary/aromatic N) is 1. The zero-order valence-corrected chi connectivity index (χ0v) is 13.4. The Bertz CT molecular complexity index is 576. The molecule has 9 heteroatoms. The Morgan fingerprint density at radius 3 is 2.83 bits per heavy atom. The summed E-state index contributed by atoms with van der Waals surface area (Å²) in [6.45, 7) is 2.95. The molecule has 24 heavy (non-hydrogen) atoms. The number of allylic oxidation sites excluding steroid dienone is 1. The van der Waals surface area contributed by atoms with Gasteiger partial charge in [-0.15, -0.1) is 0 Å². The van der Waals surface area contributed by atoms with Crippen LogP contribution in [-0.2, 0) is 14.3 Å². The van der Waals surface area contributed by atoms with E-state index in [-0.39, 0.29) is 31.7 Å². The van der Waals surface area contributed by atoms with E-state index >= 15 is 0 Å². The second-order valence-corrected chi connectivity index (χ2v) is 6.31. The number of ketones is 1. The van der Waals surface area contributed by atoms with Crippen molar-refractivity contribution in [2.75, 3.05) is 13.1 Å². The number of amides is 2. The molecule has 0 bridgehead atoms. The summed E-state index contributed by atoms with van der Waals surface area (Å²) < 4.78 is 29.3. The second-order valence-electron chi connectivity index (χ2n) is 6.31. The van der Waals surface area contributed by atoms with Gasteiger partial charge in [-0.25, -0.2) is 4.79 Å². The first-order valence-electron chi connectivity index (χ1n) is 7.61. The Morgan fingerprint density at radius 1 is 1.54 bits per heavy atom. The van der Waals surface area contributed by atoms with E-state index < -0.39 is 36.0 Å². The summed E-state index contributed by atoms with van der Waals surface area (Å²) in [6.07, 6.45) is -2.60. The molecular weight excluding hydrogens is 326 g/mol. The van der Waals surface area contributed by atoms with E-state index in [1.807, 2.05) is 5.32 Å². The number of halogens is 2. The van der Waals surface area contributed by atoms with Crippen molar-refractivity contribution in [1.82, 2.24) is 10.2 Å². The zero-order chi connectivity index (χ0) is 18.1. The van der Waals surface area contributed by atoms with Crippen molar-refractivity contribution in [2.45, 2.75) is 44.8 Å². The minimum absolute atomic E-state index is 0.0715. The number of ether oxygens (including phenoxy) is 1. The summed E-state index contributed by atoms with van der Waals surface area (Å²) in [7, 11) is 0. The van der Waals surface area contributed by atoms with Gasteiger partial charge in [0, 0.05) is 18.0 Å². The van der Waals surface area contributed by atoms with Crippen LogP contribution in [0.3, 0.4) is 0 Å². The standard InChI is InChI=1S/C15H20F2N2O5/c1-8-5-9(3-4-15(2,23)11(8)20)19-7-10(24-14(19)22)6-18-13(21)12(16)17/h3,8,10,12,23H,4-7H2,1-2H3,(H,18,21)/t8?,10-,15?/m0/s1. The topological polar surface area (TPSA) is 95.9 Å². The predicted molar refractivity (Wildman–Crippen MR) is 78.1 cm³/mol. The molecule has 1 fully saturated rings. The van der Waals surface area contributed by atoms with Gasteiger partial charge >= 0.3 is 12.5 Å². The van der Waals surface area contributed by atoms with Gasteiger partial charge in [-0.3, -0.25) is 14.5 Å². The monoisotopic (exact) mass is 346 g/mol. The van der Waals surface area contributed by atoms with Crippen molar-refractivity contribution in [3.63, 3.8) is 0 Å². The van der Waals surface area contributed by atoms with Crippen molar-refractivity contribution in [3.8, 4) is 0 Å². The van der Waals surface area contributed by atoms with E-state index in [2.05, 4.69) is 0 Å². The normalized spacial score (nSPS) is 30.9. The Kier molecular flexibility index (Phi) is 5.22. The molecular formula is C15H20F2N2O5. The molecule has 0 aromatic heterocycles. The number of rotatable bonds is 4.